The van der Waals surface area contributed by atoms with Crippen LogP contribution in [0.3, 0.4) is 0 Å². The Hall–Kier alpha value is -4.46. The number of esters is 2. The van der Waals surface area contributed by atoms with Crippen molar-refractivity contribution < 1.29 is 28.2 Å². The predicted molar refractivity (Wildman–Crippen MR) is 133 cm³/mol. The normalized spacial score (nSPS) is 14.6. The number of halogens is 1. The van der Waals surface area contributed by atoms with E-state index in [0.717, 1.165) is 11.4 Å². The average Bonchev–Trinajstić information content (AvgIpc) is 3.29. The topological polar surface area (TPSA) is 77.8 Å². The molecular weight excluding hydrogens is 463 g/mol. The van der Waals surface area contributed by atoms with Crippen LogP contribution in [0.1, 0.15) is 34.2 Å². The zero-order valence-corrected chi connectivity index (χ0v) is 20.6. The zero-order valence-electron chi connectivity index (χ0n) is 20.6. The van der Waals surface area contributed by atoms with E-state index in [0.29, 0.717) is 28.2 Å². The van der Waals surface area contributed by atoms with Gasteiger partial charge in [0.25, 0.3) is 5.91 Å². The number of amides is 1. The maximum Gasteiger partial charge on any atom is 0.340 e. The molecule has 0 unspecified atom stereocenters. The van der Waals surface area contributed by atoms with E-state index in [1.165, 1.54) is 43.4 Å². The summed E-state index contributed by atoms with van der Waals surface area (Å²) in [4.78, 5) is 40.0. The van der Waals surface area contributed by atoms with Gasteiger partial charge in [-0.05, 0) is 74.9 Å². The van der Waals surface area contributed by atoms with Crippen molar-refractivity contribution in [3.8, 4) is 5.69 Å². The first-order valence-electron chi connectivity index (χ1n) is 11.2. The molecule has 4 rings (SSSR count). The minimum Gasteiger partial charge on any atom is -0.465 e. The van der Waals surface area contributed by atoms with Crippen molar-refractivity contribution in [2.24, 2.45) is 0 Å². The van der Waals surface area contributed by atoms with Crippen LogP contribution in [0.2, 0.25) is 0 Å². The van der Waals surface area contributed by atoms with Crippen molar-refractivity contribution in [3.05, 3.63) is 99.8 Å². The van der Waals surface area contributed by atoms with Crippen molar-refractivity contribution in [2.75, 3.05) is 19.1 Å². The van der Waals surface area contributed by atoms with E-state index in [1.54, 1.807) is 25.1 Å². The van der Waals surface area contributed by atoms with Crippen molar-refractivity contribution in [1.82, 2.24) is 4.57 Å². The number of rotatable bonds is 5. The van der Waals surface area contributed by atoms with Gasteiger partial charge >= 0.3 is 11.9 Å². The van der Waals surface area contributed by atoms with E-state index in [9.17, 15) is 18.8 Å². The number of nitrogens with zero attached hydrogens (tertiary/aromatic N) is 2. The monoisotopic (exact) mass is 488 g/mol. The Morgan fingerprint density at radius 1 is 0.917 bits per heavy atom. The summed E-state index contributed by atoms with van der Waals surface area (Å²) in [6, 6.07) is 14.4. The Bertz CT molecular complexity index is 1450. The van der Waals surface area contributed by atoms with E-state index >= 15 is 0 Å². The molecule has 0 spiro atoms. The Labute approximate surface area is 208 Å². The maximum absolute atomic E-state index is 13.5. The number of anilines is 1. The van der Waals surface area contributed by atoms with E-state index in [2.05, 4.69) is 0 Å². The van der Waals surface area contributed by atoms with Gasteiger partial charge in [-0.15, -0.1) is 0 Å². The number of benzene rings is 2. The summed E-state index contributed by atoms with van der Waals surface area (Å²) in [5, 5.41) is 0. The third-order valence-electron chi connectivity index (χ3n) is 6.19. The molecule has 0 saturated heterocycles. The highest BCUT2D eigenvalue weighted by Gasteiger charge is 2.38. The fourth-order valence-electron chi connectivity index (χ4n) is 4.49. The number of aryl methyl sites for hydroxylation is 1. The number of ether oxygens (including phenoxy) is 2. The van der Waals surface area contributed by atoms with Crippen LogP contribution in [0.5, 0.6) is 0 Å². The van der Waals surface area contributed by atoms with Gasteiger partial charge in [-0.2, -0.15) is 0 Å². The molecule has 0 atom stereocenters. The molecule has 1 aromatic heterocycles. The summed E-state index contributed by atoms with van der Waals surface area (Å²) >= 11 is 0. The lowest BCUT2D eigenvalue weighted by Crippen LogP contribution is -2.24. The Morgan fingerprint density at radius 2 is 1.56 bits per heavy atom. The first-order chi connectivity index (χ1) is 17.2. The number of para-hydroxylation sites is 1. The van der Waals surface area contributed by atoms with Crippen molar-refractivity contribution in [3.63, 3.8) is 0 Å². The van der Waals surface area contributed by atoms with Gasteiger partial charge in [-0.25, -0.2) is 14.0 Å². The predicted octanol–water partition coefficient (Wildman–Crippen LogP) is 4.90. The van der Waals surface area contributed by atoms with Gasteiger partial charge in [0.05, 0.1) is 36.6 Å². The lowest BCUT2D eigenvalue weighted by atomic mass is 10.0. The third-order valence-corrected chi connectivity index (χ3v) is 6.19. The van der Waals surface area contributed by atoms with Gasteiger partial charge in [0.1, 0.15) is 5.82 Å². The number of aromatic nitrogens is 1. The van der Waals surface area contributed by atoms with Crippen LogP contribution in [-0.2, 0) is 19.1 Å². The molecular formula is C28H25FN2O5. The first-order valence-corrected chi connectivity index (χ1v) is 11.2. The Balaban J connectivity index is 1.86. The molecule has 36 heavy (non-hydrogen) atoms. The van der Waals surface area contributed by atoms with Crippen LogP contribution in [0.25, 0.3) is 11.8 Å². The summed E-state index contributed by atoms with van der Waals surface area (Å²) < 4.78 is 25.3. The summed E-state index contributed by atoms with van der Waals surface area (Å²) in [5.74, 6) is -1.98. The Kier molecular flexibility index (Phi) is 6.61. The molecule has 0 aliphatic carbocycles. The second-order valence-corrected chi connectivity index (χ2v) is 8.30. The second-order valence-electron chi connectivity index (χ2n) is 8.30. The van der Waals surface area contributed by atoms with Crippen molar-refractivity contribution in [2.45, 2.75) is 20.8 Å². The molecule has 8 heteroatoms. The van der Waals surface area contributed by atoms with Gasteiger partial charge in [0.2, 0.25) is 0 Å². The van der Waals surface area contributed by atoms with Gasteiger partial charge in [-0.3, -0.25) is 9.69 Å². The van der Waals surface area contributed by atoms with E-state index in [1.807, 2.05) is 36.6 Å². The molecule has 3 aromatic rings. The Morgan fingerprint density at radius 3 is 2.19 bits per heavy atom. The van der Waals surface area contributed by atoms with Crippen LogP contribution < -0.4 is 4.90 Å². The van der Waals surface area contributed by atoms with Crippen LogP contribution in [0, 0.1) is 19.7 Å². The fraction of sp³-hybridized carbons (Fsp3) is 0.179. The standard InChI is InChI=1S/C28H25FN2O5/c1-16-14-19(17(2)30(16)24-9-7-6-8-22(24)27(33)35-4)15-23-25(28(34)36-5)18(3)31(26(23)32)21-12-10-20(29)11-13-21/h6-15H,1-5H3/b23-15-. The van der Waals surface area contributed by atoms with Crippen LogP contribution in [-0.4, -0.2) is 36.6 Å². The van der Waals surface area contributed by atoms with Crippen LogP contribution in [0.4, 0.5) is 10.1 Å². The highest BCUT2D eigenvalue weighted by molar-refractivity contribution is 6.23. The van der Waals surface area contributed by atoms with Crippen LogP contribution >= 0.6 is 0 Å². The average molecular weight is 489 g/mol. The molecule has 1 amide bonds. The SMILES string of the molecule is COC(=O)C1=C(C)N(c2ccc(F)cc2)C(=O)/C1=C\c1cc(C)n(-c2ccccc2C(=O)OC)c1C. The first kappa shape index (κ1) is 24.7. The summed E-state index contributed by atoms with van der Waals surface area (Å²) in [6.07, 6.45) is 1.64. The van der Waals surface area contributed by atoms with E-state index in [4.69, 9.17) is 9.47 Å². The molecule has 2 heterocycles. The zero-order chi connectivity index (χ0) is 26.1. The van der Waals surface area contributed by atoms with Gasteiger partial charge < -0.3 is 14.0 Å². The third kappa shape index (κ3) is 4.11. The number of hydrogen-bond donors (Lipinski definition) is 0. The molecule has 0 saturated carbocycles. The lowest BCUT2D eigenvalue weighted by Gasteiger charge is -2.17. The van der Waals surface area contributed by atoms with Gasteiger partial charge in [-0.1, -0.05) is 12.1 Å². The van der Waals surface area contributed by atoms with Gasteiger partial charge in [0.15, 0.2) is 0 Å². The second kappa shape index (κ2) is 9.65. The fourth-order valence-corrected chi connectivity index (χ4v) is 4.49. The van der Waals surface area contributed by atoms with Crippen molar-refractivity contribution in [1.29, 1.82) is 0 Å². The molecule has 184 valence electrons. The number of carbonyl (C=O) groups is 3. The molecule has 0 bridgehead atoms. The maximum atomic E-state index is 13.5. The molecule has 0 radical (unpaired) electrons. The van der Waals surface area contributed by atoms with E-state index < -0.39 is 23.7 Å². The number of carbonyl (C=O) groups excluding carboxylic acids is 3. The highest BCUT2D eigenvalue weighted by Crippen LogP contribution is 2.36. The summed E-state index contributed by atoms with van der Waals surface area (Å²) in [7, 11) is 2.58. The number of hydrogen-bond acceptors (Lipinski definition) is 5. The summed E-state index contributed by atoms with van der Waals surface area (Å²) in [5.41, 5.74) is 4.39. The molecule has 7 nitrogen and oxygen atoms in total. The molecule has 0 fully saturated rings. The smallest absolute Gasteiger partial charge is 0.340 e. The molecule has 2 aromatic carbocycles. The van der Waals surface area contributed by atoms with Crippen LogP contribution in [0.15, 0.2) is 71.4 Å². The summed E-state index contributed by atoms with van der Waals surface area (Å²) in [6.45, 7) is 5.38. The largest absolute Gasteiger partial charge is 0.465 e. The molecule has 1 aliphatic heterocycles. The van der Waals surface area contributed by atoms with Gasteiger partial charge in [0, 0.05) is 22.8 Å². The molecule has 1 aliphatic rings. The highest BCUT2D eigenvalue weighted by atomic mass is 19.1. The van der Waals surface area contributed by atoms with Crippen molar-refractivity contribution >= 4 is 29.6 Å². The number of allylic oxidation sites excluding steroid dienone is 1. The molecule has 0 N–H and O–H groups in total. The quantitative estimate of drug-likeness (QED) is 0.377. The minimum absolute atomic E-state index is 0.131. The number of methoxy groups -OCH3 is 2. The lowest BCUT2D eigenvalue weighted by molar-refractivity contribution is -0.136. The van der Waals surface area contributed by atoms with E-state index in [-0.39, 0.29) is 11.1 Å². The minimum atomic E-state index is -0.651.